The van der Waals surface area contributed by atoms with Gasteiger partial charge in [0.2, 0.25) is 0 Å². The van der Waals surface area contributed by atoms with Crippen LogP contribution in [0.4, 0.5) is 8.78 Å². The van der Waals surface area contributed by atoms with Crippen LogP contribution < -0.4 is 0 Å². The van der Waals surface area contributed by atoms with Crippen LogP contribution >= 0.6 is 0 Å². The van der Waals surface area contributed by atoms with Crippen molar-refractivity contribution >= 4 is 0 Å². The number of aliphatic hydroxyl groups excluding tert-OH is 1. The Morgan fingerprint density at radius 1 is 1.31 bits per heavy atom. The summed E-state index contributed by atoms with van der Waals surface area (Å²) >= 11 is 0. The van der Waals surface area contributed by atoms with Crippen LogP contribution in [0.25, 0.3) is 0 Å². The van der Waals surface area contributed by atoms with Crippen LogP contribution in [0.5, 0.6) is 0 Å². The third-order valence-corrected chi connectivity index (χ3v) is 2.49. The summed E-state index contributed by atoms with van der Waals surface area (Å²) in [6.07, 6.45) is 2.27. The molecule has 2 nitrogen and oxygen atoms in total. The van der Waals surface area contributed by atoms with Crippen molar-refractivity contribution in [3.63, 3.8) is 0 Å². The fourth-order valence-electron chi connectivity index (χ4n) is 1.64. The van der Waals surface area contributed by atoms with Gasteiger partial charge in [-0.05, 0) is 25.0 Å². The molecule has 0 saturated carbocycles. The minimum Gasteiger partial charge on any atom is -0.495 e. The van der Waals surface area contributed by atoms with Crippen LogP contribution in [0.2, 0.25) is 0 Å². The quantitative estimate of drug-likeness (QED) is 0.840. The first-order valence-corrected chi connectivity index (χ1v) is 5.14. The second-order valence-electron chi connectivity index (χ2n) is 3.67. The van der Waals surface area contributed by atoms with Crippen LogP contribution in [-0.4, -0.2) is 11.7 Å². The van der Waals surface area contributed by atoms with Gasteiger partial charge in [0.05, 0.1) is 6.61 Å². The number of hydrogen-bond donors (Lipinski definition) is 1. The molecule has 86 valence electrons. The summed E-state index contributed by atoms with van der Waals surface area (Å²) in [5.74, 6) is -1.08. The first-order chi connectivity index (χ1) is 7.68. The van der Waals surface area contributed by atoms with Crippen LogP contribution in [0.3, 0.4) is 0 Å². The van der Waals surface area contributed by atoms with Crippen LogP contribution in [0.1, 0.15) is 24.5 Å². The lowest BCUT2D eigenvalue weighted by atomic mass is 10.0. The van der Waals surface area contributed by atoms with E-state index in [-0.39, 0.29) is 5.56 Å². The lowest BCUT2D eigenvalue weighted by Crippen LogP contribution is -2.11. The minimum absolute atomic E-state index is 0.0366. The van der Waals surface area contributed by atoms with Crippen LogP contribution in [0.15, 0.2) is 30.0 Å². The molecule has 0 bridgehead atoms. The maximum atomic E-state index is 13.4. The monoisotopic (exact) mass is 226 g/mol. The van der Waals surface area contributed by atoms with Gasteiger partial charge in [-0.3, -0.25) is 0 Å². The Morgan fingerprint density at radius 3 is 2.75 bits per heavy atom. The maximum Gasteiger partial charge on any atom is 0.138 e. The molecule has 1 unspecified atom stereocenters. The molecule has 1 aromatic rings. The van der Waals surface area contributed by atoms with E-state index in [1.165, 1.54) is 6.07 Å². The van der Waals surface area contributed by atoms with E-state index in [2.05, 4.69) is 0 Å². The number of halogens is 2. The molecular weight excluding hydrogens is 214 g/mol. The zero-order valence-corrected chi connectivity index (χ0v) is 8.62. The molecule has 0 aromatic heterocycles. The van der Waals surface area contributed by atoms with Crippen LogP contribution in [0, 0.1) is 11.6 Å². The summed E-state index contributed by atoms with van der Waals surface area (Å²) < 4.78 is 31.3. The zero-order chi connectivity index (χ0) is 11.5. The van der Waals surface area contributed by atoms with Gasteiger partial charge in [0, 0.05) is 11.6 Å². The van der Waals surface area contributed by atoms with Gasteiger partial charge < -0.3 is 9.84 Å². The van der Waals surface area contributed by atoms with Crippen molar-refractivity contribution < 1.29 is 18.6 Å². The molecule has 1 heterocycles. The van der Waals surface area contributed by atoms with Crippen molar-refractivity contribution in [1.82, 2.24) is 0 Å². The molecular formula is C12H12F2O2. The largest absolute Gasteiger partial charge is 0.495 e. The first kappa shape index (κ1) is 11.1. The van der Waals surface area contributed by atoms with Crippen molar-refractivity contribution in [2.45, 2.75) is 18.9 Å². The summed E-state index contributed by atoms with van der Waals surface area (Å²) in [5, 5.41) is 9.86. The van der Waals surface area contributed by atoms with Gasteiger partial charge >= 0.3 is 0 Å². The fraction of sp³-hybridized carbons (Fsp3) is 0.333. The third kappa shape index (κ3) is 2.22. The SMILES string of the molecule is OC(C1=CCCCO1)c1ccc(F)cc1F. The van der Waals surface area contributed by atoms with Gasteiger partial charge in [-0.2, -0.15) is 0 Å². The fourth-order valence-corrected chi connectivity index (χ4v) is 1.64. The zero-order valence-electron chi connectivity index (χ0n) is 8.62. The van der Waals surface area contributed by atoms with E-state index >= 15 is 0 Å². The average Bonchev–Trinajstić information content (AvgIpc) is 2.29. The number of rotatable bonds is 2. The lowest BCUT2D eigenvalue weighted by Gasteiger charge is -2.20. The topological polar surface area (TPSA) is 29.5 Å². The highest BCUT2D eigenvalue weighted by molar-refractivity contribution is 5.26. The van der Waals surface area contributed by atoms with E-state index in [4.69, 9.17) is 4.74 Å². The molecule has 0 radical (unpaired) electrons. The number of hydrogen-bond acceptors (Lipinski definition) is 2. The van der Waals surface area contributed by atoms with E-state index < -0.39 is 17.7 Å². The van der Waals surface area contributed by atoms with Gasteiger partial charge in [-0.1, -0.05) is 6.07 Å². The lowest BCUT2D eigenvalue weighted by molar-refractivity contribution is 0.0896. The molecule has 0 aliphatic carbocycles. The van der Waals surface area contributed by atoms with Crippen LogP contribution in [-0.2, 0) is 4.74 Å². The van der Waals surface area contributed by atoms with Gasteiger partial charge in [0.1, 0.15) is 23.5 Å². The Kier molecular flexibility index (Phi) is 3.19. The van der Waals surface area contributed by atoms with Gasteiger partial charge in [0.25, 0.3) is 0 Å². The average molecular weight is 226 g/mol. The Morgan fingerprint density at radius 2 is 2.12 bits per heavy atom. The molecule has 1 atom stereocenters. The minimum atomic E-state index is -1.15. The third-order valence-electron chi connectivity index (χ3n) is 2.49. The summed E-state index contributed by atoms with van der Waals surface area (Å²) in [6, 6.07) is 3.10. The molecule has 1 aliphatic heterocycles. The molecule has 1 aromatic carbocycles. The number of allylic oxidation sites excluding steroid dienone is 1. The Labute approximate surface area is 92.2 Å². The smallest absolute Gasteiger partial charge is 0.138 e. The number of aliphatic hydroxyl groups is 1. The maximum absolute atomic E-state index is 13.4. The highest BCUT2D eigenvalue weighted by Gasteiger charge is 2.20. The van der Waals surface area contributed by atoms with Crippen molar-refractivity contribution in [1.29, 1.82) is 0 Å². The summed E-state index contributed by atoms with van der Waals surface area (Å²) in [6.45, 7) is 0.520. The van der Waals surface area contributed by atoms with Gasteiger partial charge in [-0.15, -0.1) is 0 Å². The second kappa shape index (κ2) is 4.61. The summed E-state index contributed by atoms with van der Waals surface area (Å²) in [5.41, 5.74) is 0.0366. The van der Waals surface area contributed by atoms with E-state index in [0.29, 0.717) is 12.4 Å². The van der Waals surface area contributed by atoms with E-state index in [0.717, 1.165) is 25.0 Å². The Balaban J connectivity index is 2.26. The Hall–Kier alpha value is -1.42. The highest BCUT2D eigenvalue weighted by Crippen LogP contribution is 2.27. The second-order valence-corrected chi connectivity index (χ2v) is 3.67. The van der Waals surface area contributed by atoms with Gasteiger partial charge in [0.15, 0.2) is 0 Å². The molecule has 0 spiro atoms. The van der Waals surface area contributed by atoms with Gasteiger partial charge in [-0.25, -0.2) is 8.78 Å². The van der Waals surface area contributed by atoms with Crippen molar-refractivity contribution in [2.75, 3.05) is 6.61 Å². The normalized spacial score (nSPS) is 17.6. The number of benzene rings is 1. The van der Waals surface area contributed by atoms with E-state index in [9.17, 15) is 13.9 Å². The molecule has 0 amide bonds. The highest BCUT2D eigenvalue weighted by atomic mass is 19.1. The molecule has 4 heteroatoms. The molecule has 2 rings (SSSR count). The Bertz CT molecular complexity index is 415. The molecule has 1 aliphatic rings. The van der Waals surface area contributed by atoms with E-state index in [1.54, 1.807) is 6.08 Å². The predicted molar refractivity (Wildman–Crippen MR) is 54.6 cm³/mol. The molecule has 0 saturated heterocycles. The van der Waals surface area contributed by atoms with E-state index in [1.807, 2.05) is 0 Å². The standard InChI is InChI=1S/C12H12F2O2/c13-8-4-5-9(10(14)7-8)12(15)11-3-1-2-6-16-11/h3-5,7,12,15H,1-2,6H2. The molecule has 0 fully saturated rings. The molecule has 16 heavy (non-hydrogen) atoms. The molecule has 1 N–H and O–H groups in total. The summed E-state index contributed by atoms with van der Waals surface area (Å²) in [7, 11) is 0. The predicted octanol–water partition coefficient (Wildman–Crippen LogP) is 2.69. The summed E-state index contributed by atoms with van der Waals surface area (Å²) in [4.78, 5) is 0. The van der Waals surface area contributed by atoms with Crippen molar-refractivity contribution in [3.8, 4) is 0 Å². The first-order valence-electron chi connectivity index (χ1n) is 5.14. The van der Waals surface area contributed by atoms with Crippen molar-refractivity contribution in [3.05, 3.63) is 47.2 Å². The van der Waals surface area contributed by atoms with Crippen molar-refractivity contribution in [2.24, 2.45) is 0 Å². The number of ether oxygens (including phenoxy) is 1.